The Labute approximate surface area is 119 Å². The van der Waals surface area contributed by atoms with Crippen molar-refractivity contribution < 1.29 is 9.53 Å². The highest BCUT2D eigenvalue weighted by molar-refractivity contribution is 5.93. The number of hydrogen-bond donors (Lipinski definition) is 0. The van der Waals surface area contributed by atoms with Gasteiger partial charge < -0.3 is 4.74 Å². The maximum Gasteiger partial charge on any atom is 0.156 e. The molecule has 0 unspecified atom stereocenters. The number of benzene rings is 2. The second kappa shape index (κ2) is 7.29. The van der Waals surface area contributed by atoms with Gasteiger partial charge in [-0.1, -0.05) is 48.5 Å². The Morgan fingerprint density at radius 3 is 2.65 bits per heavy atom. The van der Waals surface area contributed by atoms with Gasteiger partial charge in [-0.2, -0.15) is 0 Å². The van der Waals surface area contributed by atoms with E-state index in [0.29, 0.717) is 6.42 Å². The van der Waals surface area contributed by atoms with Crippen molar-refractivity contribution in [3.63, 3.8) is 0 Å². The largest absolute Gasteiger partial charge is 0.497 e. The lowest BCUT2D eigenvalue weighted by molar-refractivity contribution is -0.114. The second-order valence-corrected chi connectivity index (χ2v) is 4.56. The molecule has 0 fully saturated rings. The summed E-state index contributed by atoms with van der Waals surface area (Å²) in [6.07, 6.45) is 4.75. The molecular formula is C18H18O2. The fraction of sp³-hybridized carbons (Fsp3) is 0.167. The molecular weight excluding hydrogens is 248 g/mol. The van der Waals surface area contributed by atoms with Crippen LogP contribution in [0.15, 0.2) is 60.7 Å². The van der Waals surface area contributed by atoms with Gasteiger partial charge in [0.15, 0.2) is 5.78 Å². The normalized spacial score (nSPS) is 10.7. The minimum Gasteiger partial charge on any atom is -0.497 e. The number of aryl methyl sites for hydroxylation is 1. The van der Waals surface area contributed by atoms with Crippen molar-refractivity contribution in [3.8, 4) is 5.75 Å². The van der Waals surface area contributed by atoms with Gasteiger partial charge >= 0.3 is 0 Å². The molecule has 0 spiro atoms. The van der Waals surface area contributed by atoms with Crippen molar-refractivity contribution in [2.24, 2.45) is 0 Å². The number of allylic oxidation sites excluding steroid dienone is 1. The topological polar surface area (TPSA) is 26.3 Å². The number of hydrogen-bond acceptors (Lipinski definition) is 2. The van der Waals surface area contributed by atoms with E-state index < -0.39 is 0 Å². The lowest BCUT2D eigenvalue weighted by atomic mass is 10.1. The molecule has 102 valence electrons. The van der Waals surface area contributed by atoms with E-state index in [1.54, 1.807) is 13.2 Å². The quantitative estimate of drug-likeness (QED) is 0.741. The first-order valence-corrected chi connectivity index (χ1v) is 6.67. The number of rotatable bonds is 6. The predicted octanol–water partition coefficient (Wildman–Crippen LogP) is 3.91. The lowest BCUT2D eigenvalue weighted by Crippen LogP contribution is -1.96. The summed E-state index contributed by atoms with van der Waals surface area (Å²) < 4.78 is 5.17. The van der Waals surface area contributed by atoms with Crippen LogP contribution in [-0.4, -0.2) is 12.9 Å². The van der Waals surface area contributed by atoms with Gasteiger partial charge in [0, 0.05) is 6.42 Å². The summed E-state index contributed by atoms with van der Waals surface area (Å²) in [4.78, 5) is 11.8. The van der Waals surface area contributed by atoms with Crippen molar-refractivity contribution in [2.75, 3.05) is 7.11 Å². The minimum atomic E-state index is 0.136. The first kappa shape index (κ1) is 14.1. The summed E-state index contributed by atoms with van der Waals surface area (Å²) in [7, 11) is 1.65. The third-order valence-electron chi connectivity index (χ3n) is 3.06. The predicted molar refractivity (Wildman–Crippen MR) is 81.8 cm³/mol. The summed E-state index contributed by atoms with van der Waals surface area (Å²) in [5, 5.41) is 0. The van der Waals surface area contributed by atoms with Gasteiger partial charge in [0.1, 0.15) is 5.75 Å². The van der Waals surface area contributed by atoms with Gasteiger partial charge in [0.25, 0.3) is 0 Å². The van der Waals surface area contributed by atoms with Gasteiger partial charge in [-0.25, -0.2) is 0 Å². The van der Waals surface area contributed by atoms with E-state index in [-0.39, 0.29) is 5.78 Å². The molecule has 2 rings (SSSR count). The Bertz CT molecular complexity index is 585. The van der Waals surface area contributed by atoms with Crippen molar-refractivity contribution in [1.82, 2.24) is 0 Å². The SMILES string of the molecule is COc1cccc(CCC(=O)C=Cc2ccccc2)c1. The van der Waals surface area contributed by atoms with Crippen molar-refractivity contribution in [3.05, 3.63) is 71.8 Å². The maximum atomic E-state index is 11.8. The van der Waals surface area contributed by atoms with Gasteiger partial charge in [0.05, 0.1) is 7.11 Å². The molecule has 2 nitrogen and oxygen atoms in total. The Morgan fingerprint density at radius 1 is 1.10 bits per heavy atom. The Balaban J connectivity index is 1.87. The molecule has 0 radical (unpaired) electrons. The van der Waals surface area contributed by atoms with Crippen LogP contribution in [0.1, 0.15) is 17.5 Å². The molecule has 0 atom stereocenters. The average molecular weight is 266 g/mol. The molecule has 0 amide bonds. The van der Waals surface area contributed by atoms with Crippen LogP contribution >= 0.6 is 0 Å². The Morgan fingerprint density at radius 2 is 1.90 bits per heavy atom. The zero-order chi connectivity index (χ0) is 14.2. The van der Waals surface area contributed by atoms with Crippen LogP contribution in [0.3, 0.4) is 0 Å². The molecule has 0 N–H and O–H groups in total. The monoisotopic (exact) mass is 266 g/mol. The summed E-state index contributed by atoms with van der Waals surface area (Å²) in [5.41, 5.74) is 2.16. The lowest BCUT2D eigenvalue weighted by Gasteiger charge is -2.03. The first-order chi connectivity index (χ1) is 9.78. The summed E-state index contributed by atoms with van der Waals surface area (Å²) in [6, 6.07) is 17.7. The molecule has 0 saturated heterocycles. The number of ketones is 1. The first-order valence-electron chi connectivity index (χ1n) is 6.67. The molecule has 0 aromatic heterocycles. The average Bonchev–Trinajstić information content (AvgIpc) is 2.52. The zero-order valence-corrected chi connectivity index (χ0v) is 11.6. The molecule has 2 aromatic carbocycles. The maximum absolute atomic E-state index is 11.8. The van der Waals surface area contributed by atoms with Gasteiger partial charge in [0.2, 0.25) is 0 Å². The Kier molecular flexibility index (Phi) is 5.13. The number of carbonyl (C=O) groups is 1. The number of carbonyl (C=O) groups excluding carboxylic acids is 1. The van der Waals surface area contributed by atoms with Crippen molar-refractivity contribution in [1.29, 1.82) is 0 Å². The third kappa shape index (κ3) is 4.39. The number of ether oxygens (including phenoxy) is 1. The van der Waals surface area contributed by atoms with Gasteiger partial charge in [-0.15, -0.1) is 0 Å². The molecule has 0 aliphatic rings. The van der Waals surface area contributed by atoms with E-state index in [1.807, 2.05) is 60.7 Å². The van der Waals surface area contributed by atoms with Crippen LogP contribution in [-0.2, 0) is 11.2 Å². The van der Waals surface area contributed by atoms with Gasteiger partial charge in [-0.3, -0.25) is 4.79 Å². The van der Waals surface area contributed by atoms with E-state index in [9.17, 15) is 4.79 Å². The van der Waals surface area contributed by atoms with E-state index >= 15 is 0 Å². The summed E-state index contributed by atoms with van der Waals surface area (Å²) in [5.74, 6) is 0.964. The van der Waals surface area contributed by atoms with Crippen molar-refractivity contribution in [2.45, 2.75) is 12.8 Å². The fourth-order valence-corrected chi connectivity index (χ4v) is 1.93. The van der Waals surface area contributed by atoms with E-state index in [2.05, 4.69) is 0 Å². The minimum absolute atomic E-state index is 0.136. The molecule has 2 aromatic rings. The molecule has 0 aliphatic carbocycles. The van der Waals surface area contributed by atoms with Crippen LogP contribution in [0, 0.1) is 0 Å². The molecule has 0 aliphatic heterocycles. The van der Waals surface area contributed by atoms with Gasteiger partial charge in [-0.05, 0) is 35.8 Å². The molecule has 0 bridgehead atoms. The van der Waals surface area contributed by atoms with Crippen molar-refractivity contribution >= 4 is 11.9 Å². The third-order valence-corrected chi connectivity index (χ3v) is 3.06. The van der Waals surface area contributed by atoms with Crippen LogP contribution in [0.2, 0.25) is 0 Å². The zero-order valence-electron chi connectivity index (χ0n) is 11.6. The molecule has 20 heavy (non-hydrogen) atoms. The Hall–Kier alpha value is -2.35. The van der Waals surface area contributed by atoms with E-state index in [1.165, 1.54) is 0 Å². The second-order valence-electron chi connectivity index (χ2n) is 4.56. The molecule has 0 heterocycles. The molecule has 0 saturated carbocycles. The van der Waals surface area contributed by atoms with Crippen LogP contribution in [0.25, 0.3) is 6.08 Å². The van der Waals surface area contributed by atoms with E-state index in [4.69, 9.17) is 4.74 Å². The highest BCUT2D eigenvalue weighted by Gasteiger charge is 2.00. The number of methoxy groups -OCH3 is 1. The van der Waals surface area contributed by atoms with Crippen LogP contribution < -0.4 is 4.74 Å². The van der Waals surface area contributed by atoms with E-state index in [0.717, 1.165) is 23.3 Å². The van der Waals surface area contributed by atoms with Crippen LogP contribution in [0.4, 0.5) is 0 Å². The smallest absolute Gasteiger partial charge is 0.156 e. The summed E-state index contributed by atoms with van der Waals surface area (Å²) in [6.45, 7) is 0. The highest BCUT2D eigenvalue weighted by Crippen LogP contribution is 2.14. The standard InChI is InChI=1S/C18H18O2/c1-20-18-9-5-8-16(14-18)11-13-17(19)12-10-15-6-3-2-4-7-15/h2-10,12,14H,11,13H2,1H3. The highest BCUT2D eigenvalue weighted by atomic mass is 16.5. The summed E-state index contributed by atoms with van der Waals surface area (Å²) >= 11 is 0. The van der Waals surface area contributed by atoms with Crippen LogP contribution in [0.5, 0.6) is 5.75 Å². The fourth-order valence-electron chi connectivity index (χ4n) is 1.93. The molecule has 2 heteroatoms.